The van der Waals surface area contributed by atoms with Gasteiger partial charge in [0.1, 0.15) is 11.2 Å². The fourth-order valence-electron chi connectivity index (χ4n) is 7.14. The number of pyridine rings is 1. The van der Waals surface area contributed by atoms with Crippen LogP contribution in [-0.2, 0) is 0 Å². The Morgan fingerprint density at radius 3 is 2.07 bits per heavy atom. The summed E-state index contributed by atoms with van der Waals surface area (Å²) in [6, 6.07) is 43.7. The van der Waals surface area contributed by atoms with E-state index in [0.717, 1.165) is 27.6 Å². The summed E-state index contributed by atoms with van der Waals surface area (Å²) < 4.78 is 8.50. The summed E-state index contributed by atoms with van der Waals surface area (Å²) in [5, 5.41) is 7.24. The Hall–Kier alpha value is -5.67. The molecule has 3 nitrogen and oxygen atoms in total. The van der Waals surface area contributed by atoms with E-state index < -0.39 is 0 Å². The maximum Gasteiger partial charge on any atom is 0.135 e. The van der Waals surface area contributed by atoms with Crippen LogP contribution >= 0.6 is 0 Å². The summed E-state index contributed by atoms with van der Waals surface area (Å²) in [5.41, 5.74) is 12.8. The molecule has 10 rings (SSSR count). The standard InChI is InChI=1S/C39H22N2O/c1-2-8-28-27(7-1)33-20-26(17-25-21-40-22-34(28)39(25)33)41-35-11-5-3-9-29(35)31-18-23(13-15-36(31)41)24-14-16-38-32(19-24)30-10-4-6-12-37(30)42-38/h1-22H. The molecule has 0 spiro atoms. The lowest BCUT2D eigenvalue weighted by atomic mass is 10.0. The molecule has 1 aliphatic carbocycles. The predicted molar refractivity (Wildman–Crippen MR) is 173 cm³/mol. The van der Waals surface area contributed by atoms with Crippen LogP contribution in [0.5, 0.6) is 0 Å². The van der Waals surface area contributed by atoms with E-state index in [-0.39, 0.29) is 0 Å². The third kappa shape index (κ3) is 2.87. The summed E-state index contributed by atoms with van der Waals surface area (Å²) in [6.07, 6.45) is 4.00. The van der Waals surface area contributed by atoms with Crippen molar-refractivity contribution in [2.45, 2.75) is 0 Å². The lowest BCUT2D eigenvalue weighted by Gasteiger charge is -2.12. The van der Waals surface area contributed by atoms with E-state index in [0.29, 0.717) is 0 Å². The monoisotopic (exact) mass is 534 g/mol. The number of hydrogen-bond donors (Lipinski definition) is 0. The Bertz CT molecular complexity index is 2580. The second kappa shape index (κ2) is 7.96. The van der Waals surface area contributed by atoms with Crippen molar-refractivity contribution >= 4 is 54.5 Å². The molecule has 3 aromatic heterocycles. The van der Waals surface area contributed by atoms with Gasteiger partial charge in [-0.3, -0.25) is 4.98 Å². The molecule has 3 heteroatoms. The van der Waals surface area contributed by atoms with Crippen molar-refractivity contribution in [3.63, 3.8) is 0 Å². The van der Waals surface area contributed by atoms with Gasteiger partial charge in [-0.05, 0) is 76.3 Å². The SMILES string of the molecule is c1ccc2c(c1)-c1cncc3cc(-n4c5ccccc5c5cc(-c6ccc7oc8ccccc8c7c6)ccc54)cc-2c13. The topological polar surface area (TPSA) is 31.0 Å². The molecule has 6 aromatic carbocycles. The van der Waals surface area contributed by atoms with Gasteiger partial charge in [0, 0.05) is 56.0 Å². The summed E-state index contributed by atoms with van der Waals surface area (Å²) in [6.45, 7) is 0. The number of aromatic nitrogens is 2. The molecule has 194 valence electrons. The first-order chi connectivity index (χ1) is 20.8. The lowest BCUT2D eigenvalue weighted by Crippen LogP contribution is -1.95. The van der Waals surface area contributed by atoms with Crippen LogP contribution in [-0.4, -0.2) is 9.55 Å². The Balaban J connectivity index is 1.22. The molecule has 9 aromatic rings. The number of benzene rings is 6. The second-order valence-electron chi connectivity index (χ2n) is 11.2. The van der Waals surface area contributed by atoms with Crippen molar-refractivity contribution in [3.8, 4) is 39.1 Å². The number of nitrogens with zero attached hydrogens (tertiary/aromatic N) is 2. The maximum absolute atomic E-state index is 6.09. The van der Waals surface area contributed by atoms with Crippen LogP contribution in [0.25, 0.3) is 93.6 Å². The van der Waals surface area contributed by atoms with E-state index in [4.69, 9.17) is 4.42 Å². The Morgan fingerprint density at radius 2 is 1.17 bits per heavy atom. The minimum Gasteiger partial charge on any atom is -0.456 e. The van der Waals surface area contributed by atoms with E-state index in [1.54, 1.807) is 0 Å². The fraction of sp³-hybridized carbons (Fsp3) is 0. The highest BCUT2D eigenvalue weighted by atomic mass is 16.3. The number of para-hydroxylation sites is 2. The Kier molecular flexibility index (Phi) is 4.18. The highest BCUT2D eigenvalue weighted by Gasteiger charge is 2.23. The van der Waals surface area contributed by atoms with Crippen LogP contribution in [0.3, 0.4) is 0 Å². The number of rotatable bonds is 2. The molecule has 0 fully saturated rings. The van der Waals surface area contributed by atoms with Gasteiger partial charge in [0.2, 0.25) is 0 Å². The predicted octanol–water partition coefficient (Wildman–Crippen LogP) is 10.5. The molecule has 1 aliphatic rings. The van der Waals surface area contributed by atoms with Gasteiger partial charge in [0.25, 0.3) is 0 Å². The van der Waals surface area contributed by atoms with Crippen LogP contribution in [0.1, 0.15) is 0 Å². The molecule has 42 heavy (non-hydrogen) atoms. The normalized spacial score (nSPS) is 12.3. The Labute approximate surface area is 240 Å². The van der Waals surface area contributed by atoms with E-state index in [1.807, 2.05) is 24.5 Å². The van der Waals surface area contributed by atoms with Crippen LogP contribution in [0.15, 0.2) is 138 Å². The van der Waals surface area contributed by atoms with Crippen molar-refractivity contribution in [2.75, 3.05) is 0 Å². The zero-order valence-electron chi connectivity index (χ0n) is 22.5. The zero-order chi connectivity index (χ0) is 27.4. The molecule has 0 bridgehead atoms. The molecule has 3 heterocycles. The van der Waals surface area contributed by atoms with Crippen molar-refractivity contribution in [1.29, 1.82) is 0 Å². The maximum atomic E-state index is 6.09. The van der Waals surface area contributed by atoms with Gasteiger partial charge in [-0.1, -0.05) is 72.8 Å². The van der Waals surface area contributed by atoms with Crippen LogP contribution in [0.2, 0.25) is 0 Å². The average molecular weight is 535 g/mol. The number of fused-ring (bicyclic) bond motifs is 9. The summed E-state index contributed by atoms with van der Waals surface area (Å²) in [7, 11) is 0. The second-order valence-corrected chi connectivity index (χ2v) is 11.2. The minimum atomic E-state index is 0.918. The average Bonchev–Trinajstić information content (AvgIpc) is 3.69. The molecule has 0 saturated heterocycles. The minimum absolute atomic E-state index is 0.918. The summed E-state index contributed by atoms with van der Waals surface area (Å²) in [4.78, 5) is 4.63. The smallest absolute Gasteiger partial charge is 0.135 e. The van der Waals surface area contributed by atoms with E-state index in [1.165, 1.54) is 66.0 Å². The Morgan fingerprint density at radius 1 is 0.476 bits per heavy atom. The van der Waals surface area contributed by atoms with Crippen molar-refractivity contribution in [3.05, 3.63) is 134 Å². The first-order valence-electron chi connectivity index (χ1n) is 14.3. The van der Waals surface area contributed by atoms with Crippen LogP contribution < -0.4 is 0 Å². The third-order valence-electron chi connectivity index (χ3n) is 8.99. The van der Waals surface area contributed by atoms with Crippen LogP contribution in [0, 0.1) is 0 Å². The van der Waals surface area contributed by atoms with Gasteiger partial charge < -0.3 is 8.98 Å². The molecule has 0 saturated carbocycles. The fourth-order valence-corrected chi connectivity index (χ4v) is 7.14. The molecule has 0 amide bonds. The number of hydrogen-bond acceptors (Lipinski definition) is 2. The highest BCUT2D eigenvalue weighted by Crippen LogP contribution is 2.48. The lowest BCUT2D eigenvalue weighted by molar-refractivity contribution is 0.669. The zero-order valence-corrected chi connectivity index (χ0v) is 22.5. The van der Waals surface area contributed by atoms with Gasteiger partial charge in [0.15, 0.2) is 0 Å². The molecular formula is C39H22N2O. The molecule has 0 N–H and O–H groups in total. The molecular weight excluding hydrogens is 512 g/mol. The molecule has 0 unspecified atom stereocenters. The van der Waals surface area contributed by atoms with Gasteiger partial charge in [-0.15, -0.1) is 0 Å². The largest absolute Gasteiger partial charge is 0.456 e. The van der Waals surface area contributed by atoms with Gasteiger partial charge >= 0.3 is 0 Å². The van der Waals surface area contributed by atoms with E-state index in [2.05, 4.69) is 119 Å². The van der Waals surface area contributed by atoms with E-state index >= 15 is 0 Å². The van der Waals surface area contributed by atoms with Crippen molar-refractivity contribution < 1.29 is 4.42 Å². The highest BCUT2D eigenvalue weighted by molar-refractivity contribution is 6.16. The molecule has 0 atom stereocenters. The third-order valence-corrected chi connectivity index (χ3v) is 8.99. The summed E-state index contributed by atoms with van der Waals surface area (Å²) in [5.74, 6) is 0. The van der Waals surface area contributed by atoms with Crippen LogP contribution in [0.4, 0.5) is 0 Å². The first kappa shape index (κ1) is 22.1. The first-order valence-corrected chi connectivity index (χ1v) is 14.3. The van der Waals surface area contributed by atoms with Gasteiger partial charge in [-0.25, -0.2) is 0 Å². The van der Waals surface area contributed by atoms with Crippen molar-refractivity contribution in [2.24, 2.45) is 0 Å². The van der Waals surface area contributed by atoms with Gasteiger partial charge in [0.05, 0.1) is 11.0 Å². The quantitative estimate of drug-likeness (QED) is 0.221. The summed E-state index contributed by atoms with van der Waals surface area (Å²) >= 11 is 0. The van der Waals surface area contributed by atoms with Crippen molar-refractivity contribution in [1.82, 2.24) is 9.55 Å². The molecule has 0 aliphatic heterocycles. The van der Waals surface area contributed by atoms with Gasteiger partial charge in [-0.2, -0.15) is 0 Å². The molecule has 0 radical (unpaired) electrons. The van der Waals surface area contributed by atoms with E-state index in [9.17, 15) is 0 Å². The number of furan rings is 1.